The highest BCUT2D eigenvalue weighted by atomic mass is 16.5. The summed E-state index contributed by atoms with van der Waals surface area (Å²) in [6.07, 6.45) is 8.45. The Kier molecular flexibility index (Phi) is 6.09. The molecule has 1 atom stereocenters. The molecular formula is C23H32N4O2. The van der Waals surface area contributed by atoms with Crippen LogP contribution in [0.3, 0.4) is 0 Å². The van der Waals surface area contributed by atoms with E-state index < -0.39 is 0 Å². The maximum atomic E-state index is 10.6. The molecule has 6 nitrogen and oxygen atoms in total. The minimum Gasteiger partial charge on any atom is -0.507 e. The second-order valence-electron chi connectivity index (χ2n) is 8.40. The maximum absolute atomic E-state index is 10.6. The molecule has 4 rings (SSSR count). The second-order valence-corrected chi connectivity index (χ2v) is 8.40. The summed E-state index contributed by atoms with van der Waals surface area (Å²) in [6.45, 7) is 2.57. The molecule has 1 aromatic heterocycles. The molecule has 1 aromatic carbocycles. The van der Waals surface area contributed by atoms with Gasteiger partial charge in [-0.3, -0.25) is 0 Å². The molecule has 0 amide bonds. The van der Waals surface area contributed by atoms with Gasteiger partial charge in [-0.25, -0.2) is 4.98 Å². The minimum atomic E-state index is 0.149. The first-order valence-corrected chi connectivity index (χ1v) is 10.8. The molecule has 2 aromatic rings. The van der Waals surface area contributed by atoms with E-state index in [0.29, 0.717) is 47.0 Å². The minimum absolute atomic E-state index is 0.149. The summed E-state index contributed by atoms with van der Waals surface area (Å²) in [7, 11) is 0. The SMILES string of the molecule is Nc1nc(-c2c(O)cccc2OCC2CCCCC2)cc(C2CCCNC2)c1N. The smallest absolute Gasteiger partial charge is 0.147 e. The van der Waals surface area contributed by atoms with Crippen LogP contribution >= 0.6 is 0 Å². The average molecular weight is 397 g/mol. The van der Waals surface area contributed by atoms with Crippen molar-refractivity contribution in [3.63, 3.8) is 0 Å². The molecule has 2 aliphatic rings. The quantitative estimate of drug-likeness (QED) is 0.608. The van der Waals surface area contributed by atoms with E-state index in [1.807, 2.05) is 18.2 Å². The lowest BCUT2D eigenvalue weighted by atomic mass is 9.89. The number of nitrogen functional groups attached to an aromatic ring is 2. The van der Waals surface area contributed by atoms with Gasteiger partial charge in [0.1, 0.15) is 17.3 Å². The molecule has 1 saturated carbocycles. The number of aromatic hydroxyl groups is 1. The van der Waals surface area contributed by atoms with E-state index in [2.05, 4.69) is 10.3 Å². The molecule has 2 heterocycles. The fourth-order valence-electron chi connectivity index (χ4n) is 4.64. The van der Waals surface area contributed by atoms with Gasteiger partial charge in [0, 0.05) is 6.54 Å². The number of benzene rings is 1. The number of phenols is 1. The van der Waals surface area contributed by atoms with Gasteiger partial charge in [-0.15, -0.1) is 0 Å². The van der Waals surface area contributed by atoms with Crippen molar-refractivity contribution in [2.75, 3.05) is 31.2 Å². The van der Waals surface area contributed by atoms with Crippen LogP contribution in [0.1, 0.15) is 56.4 Å². The number of nitrogens with one attached hydrogen (secondary N) is 1. The molecule has 6 N–H and O–H groups in total. The Labute approximate surface area is 172 Å². The van der Waals surface area contributed by atoms with Crippen molar-refractivity contribution in [3.05, 3.63) is 29.8 Å². The lowest BCUT2D eigenvalue weighted by molar-refractivity contribution is 0.209. The normalized spacial score (nSPS) is 20.5. The third kappa shape index (κ3) is 4.42. The Hall–Kier alpha value is -2.47. The van der Waals surface area contributed by atoms with Crippen LogP contribution in [-0.2, 0) is 0 Å². The number of nitrogens with two attached hydrogens (primary N) is 2. The molecule has 1 aliphatic carbocycles. The first-order valence-electron chi connectivity index (χ1n) is 10.8. The third-order valence-electron chi connectivity index (χ3n) is 6.32. The fraction of sp³-hybridized carbons (Fsp3) is 0.522. The third-order valence-corrected chi connectivity index (χ3v) is 6.32. The summed E-state index contributed by atoms with van der Waals surface area (Å²) in [5.74, 6) is 1.98. The number of phenolic OH excluding ortho intramolecular Hbond substituents is 1. The first-order chi connectivity index (χ1) is 14.1. The van der Waals surface area contributed by atoms with Gasteiger partial charge >= 0.3 is 0 Å². The lowest BCUT2D eigenvalue weighted by Crippen LogP contribution is -2.29. The number of piperidine rings is 1. The van der Waals surface area contributed by atoms with Crippen molar-refractivity contribution < 1.29 is 9.84 Å². The van der Waals surface area contributed by atoms with E-state index in [9.17, 15) is 5.11 Å². The fourth-order valence-corrected chi connectivity index (χ4v) is 4.64. The molecule has 156 valence electrons. The number of aromatic nitrogens is 1. The van der Waals surface area contributed by atoms with Crippen LogP contribution in [0.4, 0.5) is 11.5 Å². The zero-order valence-electron chi connectivity index (χ0n) is 17.0. The van der Waals surface area contributed by atoms with Crippen molar-refractivity contribution in [2.24, 2.45) is 5.92 Å². The maximum Gasteiger partial charge on any atom is 0.147 e. The molecule has 0 bridgehead atoms. The Balaban J connectivity index is 1.65. The van der Waals surface area contributed by atoms with Gasteiger partial charge < -0.3 is 26.6 Å². The van der Waals surface area contributed by atoms with Crippen molar-refractivity contribution >= 4 is 11.5 Å². The number of pyridine rings is 1. The number of rotatable bonds is 5. The van der Waals surface area contributed by atoms with Crippen LogP contribution in [0.5, 0.6) is 11.5 Å². The van der Waals surface area contributed by atoms with Gasteiger partial charge in [0.05, 0.1) is 23.6 Å². The topological polar surface area (TPSA) is 106 Å². The van der Waals surface area contributed by atoms with E-state index in [4.69, 9.17) is 16.2 Å². The largest absolute Gasteiger partial charge is 0.507 e. The van der Waals surface area contributed by atoms with E-state index in [1.54, 1.807) is 6.07 Å². The van der Waals surface area contributed by atoms with Gasteiger partial charge in [0.25, 0.3) is 0 Å². The van der Waals surface area contributed by atoms with Crippen LogP contribution in [0.25, 0.3) is 11.3 Å². The molecule has 1 unspecified atom stereocenters. The molecule has 2 fully saturated rings. The Morgan fingerprint density at radius 2 is 1.93 bits per heavy atom. The van der Waals surface area contributed by atoms with Gasteiger partial charge in [0.2, 0.25) is 0 Å². The standard InChI is InChI=1S/C23H32N4O2/c24-22-17(16-8-5-11-26-13-16)12-18(27-23(22)25)21-19(28)9-4-10-20(21)29-14-15-6-2-1-3-7-15/h4,9-10,12,15-16,26,28H,1-3,5-8,11,13-14,24H2,(H2,25,27). The summed E-state index contributed by atoms with van der Waals surface area (Å²) < 4.78 is 6.18. The summed E-state index contributed by atoms with van der Waals surface area (Å²) in [6, 6.07) is 7.35. The monoisotopic (exact) mass is 396 g/mol. The average Bonchev–Trinajstić information content (AvgIpc) is 2.75. The van der Waals surface area contributed by atoms with Crippen molar-refractivity contribution in [1.29, 1.82) is 0 Å². The summed E-state index contributed by atoms with van der Waals surface area (Å²) in [5, 5.41) is 14.1. The van der Waals surface area contributed by atoms with Crippen LogP contribution in [0.2, 0.25) is 0 Å². The summed E-state index contributed by atoms with van der Waals surface area (Å²) >= 11 is 0. The van der Waals surface area contributed by atoms with Crippen molar-refractivity contribution in [2.45, 2.75) is 50.9 Å². The molecule has 29 heavy (non-hydrogen) atoms. The molecule has 1 aliphatic heterocycles. The van der Waals surface area contributed by atoms with E-state index in [1.165, 1.54) is 32.1 Å². The highest BCUT2D eigenvalue weighted by Gasteiger charge is 2.23. The van der Waals surface area contributed by atoms with Crippen LogP contribution in [0.15, 0.2) is 24.3 Å². The zero-order valence-corrected chi connectivity index (χ0v) is 17.0. The molecular weight excluding hydrogens is 364 g/mol. The van der Waals surface area contributed by atoms with E-state index >= 15 is 0 Å². The molecule has 0 radical (unpaired) electrons. The van der Waals surface area contributed by atoms with Crippen LogP contribution < -0.4 is 21.5 Å². The molecule has 1 saturated heterocycles. The number of nitrogens with zero attached hydrogens (tertiary/aromatic N) is 1. The van der Waals surface area contributed by atoms with Gasteiger partial charge in [-0.05, 0) is 67.8 Å². The van der Waals surface area contributed by atoms with Crippen molar-refractivity contribution in [1.82, 2.24) is 10.3 Å². The van der Waals surface area contributed by atoms with Gasteiger partial charge in [-0.2, -0.15) is 0 Å². The summed E-state index contributed by atoms with van der Waals surface area (Å²) in [4.78, 5) is 4.51. The number of ether oxygens (including phenoxy) is 1. The number of anilines is 2. The Morgan fingerprint density at radius 1 is 1.10 bits per heavy atom. The van der Waals surface area contributed by atoms with Gasteiger partial charge in [0.15, 0.2) is 0 Å². The zero-order chi connectivity index (χ0) is 20.2. The summed E-state index contributed by atoms with van der Waals surface area (Å²) in [5.41, 5.74) is 15.2. The Bertz CT molecular complexity index is 843. The highest BCUT2D eigenvalue weighted by molar-refractivity contribution is 5.78. The predicted molar refractivity (Wildman–Crippen MR) is 117 cm³/mol. The molecule has 0 spiro atoms. The first kappa shape index (κ1) is 19.8. The molecule has 6 heteroatoms. The van der Waals surface area contributed by atoms with Crippen molar-refractivity contribution in [3.8, 4) is 22.8 Å². The lowest BCUT2D eigenvalue weighted by Gasteiger charge is -2.25. The Morgan fingerprint density at radius 3 is 2.69 bits per heavy atom. The van der Waals surface area contributed by atoms with E-state index in [0.717, 1.165) is 31.5 Å². The van der Waals surface area contributed by atoms with Crippen LogP contribution in [0, 0.1) is 5.92 Å². The second kappa shape index (κ2) is 8.91. The number of hydrogen-bond acceptors (Lipinski definition) is 6. The van der Waals surface area contributed by atoms with Gasteiger partial charge in [-0.1, -0.05) is 25.3 Å². The predicted octanol–water partition coefficient (Wildman–Crippen LogP) is 4.04. The van der Waals surface area contributed by atoms with Crippen LogP contribution in [-0.4, -0.2) is 29.8 Å². The van der Waals surface area contributed by atoms with E-state index in [-0.39, 0.29) is 5.75 Å². The highest BCUT2D eigenvalue weighted by Crippen LogP contribution is 2.41. The number of hydrogen-bond donors (Lipinski definition) is 4.